The molecule has 1 nitrogen and oxygen atoms in total. The molecule has 0 amide bonds. The molecule has 15 heavy (non-hydrogen) atoms. The monoisotopic (exact) mass is 217 g/mol. The van der Waals surface area contributed by atoms with Gasteiger partial charge < -0.3 is 5.32 Å². The predicted octanol–water partition coefficient (Wildman–Crippen LogP) is 2.92. The van der Waals surface area contributed by atoms with Gasteiger partial charge >= 0.3 is 0 Å². The maximum Gasteiger partial charge on any atom is 0.0217 e. The van der Waals surface area contributed by atoms with Crippen molar-refractivity contribution in [3.8, 4) is 0 Å². The largest absolute Gasteiger partial charge is 0.309 e. The smallest absolute Gasteiger partial charge is 0.0217 e. The van der Waals surface area contributed by atoms with Crippen LogP contribution in [0, 0.1) is 0 Å². The maximum atomic E-state index is 3.38. The quantitative estimate of drug-likeness (QED) is 0.817. The molecule has 0 saturated carbocycles. The van der Waals surface area contributed by atoms with E-state index in [-0.39, 0.29) is 0 Å². The second-order valence-corrected chi connectivity index (χ2v) is 4.27. The Bertz CT molecular complexity index is 379. The van der Waals surface area contributed by atoms with Crippen molar-refractivity contribution in [2.75, 3.05) is 19.3 Å². The van der Waals surface area contributed by atoms with Crippen LogP contribution in [0.4, 0.5) is 0 Å². The molecule has 2 heteroatoms. The van der Waals surface area contributed by atoms with E-state index in [0.29, 0.717) is 0 Å². The van der Waals surface area contributed by atoms with E-state index in [1.54, 1.807) is 11.8 Å². The van der Waals surface area contributed by atoms with E-state index in [2.05, 4.69) is 47.3 Å². The van der Waals surface area contributed by atoms with Crippen molar-refractivity contribution in [2.45, 2.75) is 0 Å². The summed E-state index contributed by atoms with van der Waals surface area (Å²) in [5.41, 5.74) is 4.12. The van der Waals surface area contributed by atoms with Gasteiger partial charge in [0.05, 0.1) is 0 Å². The lowest BCUT2D eigenvalue weighted by molar-refractivity contribution is 0.896. The van der Waals surface area contributed by atoms with E-state index >= 15 is 0 Å². The number of benzene rings is 1. The first-order valence-electron chi connectivity index (χ1n) is 5.08. The van der Waals surface area contributed by atoms with Crippen LogP contribution in [-0.4, -0.2) is 19.3 Å². The van der Waals surface area contributed by atoms with Crippen LogP contribution in [0.2, 0.25) is 0 Å². The average molecular weight is 217 g/mol. The van der Waals surface area contributed by atoms with Gasteiger partial charge in [-0.25, -0.2) is 0 Å². The lowest BCUT2D eigenvalue weighted by atomic mass is 10.1. The molecule has 2 rings (SSSR count). The van der Waals surface area contributed by atoms with Crippen LogP contribution in [-0.2, 0) is 0 Å². The fourth-order valence-electron chi connectivity index (χ4n) is 1.71. The second-order valence-electron chi connectivity index (χ2n) is 3.56. The predicted molar refractivity (Wildman–Crippen MR) is 68.9 cm³/mol. The van der Waals surface area contributed by atoms with Crippen LogP contribution in [0.15, 0.2) is 46.9 Å². The zero-order valence-corrected chi connectivity index (χ0v) is 9.68. The molecule has 1 aromatic carbocycles. The molecule has 1 N–H and O–H groups in total. The first kappa shape index (κ1) is 10.5. The Hall–Kier alpha value is -0.990. The van der Waals surface area contributed by atoms with Gasteiger partial charge in [0, 0.05) is 13.1 Å². The lowest BCUT2D eigenvalue weighted by Crippen LogP contribution is -2.04. The lowest BCUT2D eigenvalue weighted by Gasteiger charge is -1.99. The maximum absolute atomic E-state index is 3.38. The fraction of sp³-hybridized carbons (Fsp3) is 0.231. The molecule has 0 aromatic heterocycles. The van der Waals surface area contributed by atoms with Gasteiger partial charge in [-0.1, -0.05) is 36.4 Å². The highest BCUT2D eigenvalue weighted by Crippen LogP contribution is 2.20. The van der Waals surface area contributed by atoms with Crippen molar-refractivity contribution < 1.29 is 0 Å². The minimum absolute atomic E-state index is 0.987. The summed E-state index contributed by atoms with van der Waals surface area (Å²) < 4.78 is 0. The molecule has 0 atom stereocenters. The van der Waals surface area contributed by atoms with E-state index in [4.69, 9.17) is 0 Å². The van der Waals surface area contributed by atoms with E-state index in [1.165, 1.54) is 16.7 Å². The van der Waals surface area contributed by atoms with Gasteiger partial charge in [0.15, 0.2) is 0 Å². The van der Waals surface area contributed by atoms with Crippen molar-refractivity contribution in [2.24, 2.45) is 0 Å². The van der Waals surface area contributed by atoms with E-state index in [1.807, 2.05) is 6.07 Å². The van der Waals surface area contributed by atoms with Gasteiger partial charge in [0.2, 0.25) is 0 Å². The van der Waals surface area contributed by atoms with Crippen molar-refractivity contribution in [3.63, 3.8) is 0 Å². The molecule has 1 aliphatic heterocycles. The van der Waals surface area contributed by atoms with Gasteiger partial charge in [0.25, 0.3) is 0 Å². The average Bonchev–Trinajstić information content (AvgIpc) is 2.68. The first-order valence-corrected chi connectivity index (χ1v) is 6.37. The second kappa shape index (κ2) is 5.19. The Kier molecular flexibility index (Phi) is 3.64. The summed E-state index contributed by atoms with van der Waals surface area (Å²) >= 11 is 1.77. The molecule has 1 aliphatic rings. The third kappa shape index (κ3) is 2.74. The molecule has 1 heterocycles. The number of hydrogen-bond donors (Lipinski definition) is 1. The molecule has 1 aromatic rings. The third-order valence-electron chi connectivity index (χ3n) is 2.44. The first-order chi connectivity index (χ1) is 7.40. The van der Waals surface area contributed by atoms with Crippen LogP contribution < -0.4 is 5.32 Å². The molecular formula is C13H15NS. The van der Waals surface area contributed by atoms with Gasteiger partial charge in [-0.2, -0.15) is 0 Å². The van der Waals surface area contributed by atoms with Gasteiger partial charge in [-0.15, -0.1) is 11.8 Å². The Morgan fingerprint density at radius 3 is 2.60 bits per heavy atom. The normalized spacial score (nSPS) is 21.4. The topological polar surface area (TPSA) is 12.0 Å². The van der Waals surface area contributed by atoms with Crippen molar-refractivity contribution in [1.29, 1.82) is 0 Å². The van der Waals surface area contributed by atoms with Gasteiger partial charge in [0.1, 0.15) is 0 Å². The summed E-state index contributed by atoms with van der Waals surface area (Å²) in [6, 6.07) is 10.5. The van der Waals surface area contributed by atoms with Crippen LogP contribution >= 0.6 is 11.8 Å². The zero-order chi connectivity index (χ0) is 10.5. The number of thioether (sulfide) groups is 1. The standard InChI is InChI=1S/C13H15NS/c1-15-10-13-9-14-8-12(13)7-11-5-3-2-4-6-11/h2-7,10,14H,8-9H2,1H3/b12-7+,13-10-. The van der Waals surface area contributed by atoms with E-state index in [0.717, 1.165) is 13.1 Å². The number of rotatable bonds is 2. The van der Waals surface area contributed by atoms with Crippen LogP contribution in [0.1, 0.15) is 5.56 Å². The van der Waals surface area contributed by atoms with Gasteiger partial charge in [-0.3, -0.25) is 0 Å². The molecule has 0 radical (unpaired) electrons. The minimum atomic E-state index is 0.987. The highest BCUT2D eigenvalue weighted by atomic mass is 32.2. The Labute approximate surface area is 95.3 Å². The van der Waals surface area contributed by atoms with Gasteiger partial charge in [-0.05, 0) is 28.4 Å². The molecule has 78 valence electrons. The molecular weight excluding hydrogens is 202 g/mol. The van der Waals surface area contributed by atoms with Crippen molar-refractivity contribution in [1.82, 2.24) is 5.32 Å². The molecule has 1 fully saturated rings. The molecule has 0 bridgehead atoms. The minimum Gasteiger partial charge on any atom is -0.309 e. The SMILES string of the molecule is CS/C=C1/CNC/C1=C\c1ccccc1. The molecule has 0 aliphatic carbocycles. The summed E-state index contributed by atoms with van der Waals surface area (Å²) in [5.74, 6) is 0. The third-order valence-corrected chi connectivity index (χ3v) is 2.96. The zero-order valence-electron chi connectivity index (χ0n) is 8.86. The molecule has 1 saturated heterocycles. The highest BCUT2D eigenvalue weighted by Gasteiger charge is 2.11. The summed E-state index contributed by atoms with van der Waals surface area (Å²) in [7, 11) is 0. The molecule has 0 spiro atoms. The summed E-state index contributed by atoms with van der Waals surface area (Å²) in [6.07, 6.45) is 4.37. The van der Waals surface area contributed by atoms with E-state index < -0.39 is 0 Å². The van der Waals surface area contributed by atoms with Crippen LogP contribution in [0.3, 0.4) is 0 Å². The number of nitrogens with one attached hydrogen (secondary N) is 1. The Balaban J connectivity index is 2.23. The van der Waals surface area contributed by atoms with Crippen molar-refractivity contribution in [3.05, 3.63) is 52.4 Å². The summed E-state index contributed by atoms with van der Waals surface area (Å²) in [5, 5.41) is 5.61. The van der Waals surface area contributed by atoms with Crippen LogP contribution in [0.5, 0.6) is 0 Å². The fourth-order valence-corrected chi connectivity index (χ4v) is 2.23. The van der Waals surface area contributed by atoms with E-state index in [9.17, 15) is 0 Å². The van der Waals surface area contributed by atoms with Crippen LogP contribution in [0.25, 0.3) is 6.08 Å². The van der Waals surface area contributed by atoms with Crippen molar-refractivity contribution >= 4 is 17.8 Å². The highest BCUT2D eigenvalue weighted by molar-refractivity contribution is 8.01. The summed E-state index contributed by atoms with van der Waals surface area (Å²) in [4.78, 5) is 0. The Morgan fingerprint density at radius 2 is 1.87 bits per heavy atom. The Morgan fingerprint density at radius 1 is 1.13 bits per heavy atom. The number of hydrogen-bond acceptors (Lipinski definition) is 2. The summed E-state index contributed by atoms with van der Waals surface area (Å²) in [6.45, 7) is 1.99. The molecule has 0 unspecified atom stereocenters.